The Morgan fingerprint density at radius 1 is 1.08 bits per heavy atom. The highest BCUT2D eigenvalue weighted by molar-refractivity contribution is 5.39. The van der Waals surface area contributed by atoms with Crippen molar-refractivity contribution in [3.63, 3.8) is 0 Å². The van der Waals surface area contributed by atoms with Gasteiger partial charge in [-0.3, -0.25) is 10.3 Å². The first-order valence-corrected chi connectivity index (χ1v) is 9.40. The predicted molar refractivity (Wildman–Crippen MR) is 98.3 cm³/mol. The first-order chi connectivity index (χ1) is 12.4. The van der Waals surface area contributed by atoms with E-state index in [1.54, 1.807) is 0 Å². The number of hydrazine groups is 1. The van der Waals surface area contributed by atoms with Gasteiger partial charge in [-0.1, -0.05) is 42.5 Å². The molecule has 0 aliphatic carbocycles. The summed E-state index contributed by atoms with van der Waals surface area (Å²) in [5.41, 5.74) is 11.2. The molecule has 3 heterocycles. The van der Waals surface area contributed by atoms with Gasteiger partial charge in [0, 0.05) is 38.0 Å². The summed E-state index contributed by atoms with van der Waals surface area (Å²) in [7, 11) is 0. The number of fused-ring (bicyclic) bond motifs is 2. The molecule has 2 fully saturated rings. The Balaban J connectivity index is 1.30. The second kappa shape index (κ2) is 6.45. The van der Waals surface area contributed by atoms with Crippen LogP contribution in [-0.4, -0.2) is 30.6 Å². The van der Waals surface area contributed by atoms with E-state index in [-0.39, 0.29) is 0 Å². The van der Waals surface area contributed by atoms with E-state index < -0.39 is 0 Å². The summed E-state index contributed by atoms with van der Waals surface area (Å²) in [4.78, 5) is 2.61. The molecule has 25 heavy (non-hydrogen) atoms. The lowest BCUT2D eigenvalue weighted by Crippen LogP contribution is -2.45. The van der Waals surface area contributed by atoms with Gasteiger partial charge in [0.05, 0.1) is 12.6 Å². The number of rotatable bonds is 3. The van der Waals surface area contributed by atoms with E-state index in [9.17, 15) is 0 Å². The van der Waals surface area contributed by atoms with Crippen LogP contribution >= 0.6 is 0 Å². The predicted octanol–water partition coefficient (Wildman–Crippen LogP) is 2.66. The summed E-state index contributed by atoms with van der Waals surface area (Å²) < 4.78 is 5.63. The number of hydrogen-bond donors (Lipinski definition) is 2. The zero-order valence-electron chi connectivity index (χ0n) is 14.4. The standard InChI is InChI=1S/C21H25N3O/c1-2-4-16(5-3-1)21-18-14-24(10-8-19(18)22-23-21)13-15-6-7-20-17(12-15)9-11-25-20/h1-7,12,18-19,21-23H,8-11,13-14H2. The van der Waals surface area contributed by atoms with Crippen LogP contribution in [-0.2, 0) is 13.0 Å². The summed E-state index contributed by atoms with van der Waals surface area (Å²) in [6, 6.07) is 18.5. The van der Waals surface area contributed by atoms with Crippen molar-refractivity contribution in [1.29, 1.82) is 0 Å². The van der Waals surface area contributed by atoms with Crippen LogP contribution in [0.15, 0.2) is 48.5 Å². The zero-order chi connectivity index (χ0) is 16.6. The highest BCUT2D eigenvalue weighted by atomic mass is 16.5. The summed E-state index contributed by atoms with van der Waals surface area (Å²) in [5.74, 6) is 1.70. The molecule has 0 amide bonds. The molecular formula is C21H25N3O. The molecule has 2 aromatic rings. The molecule has 2 saturated heterocycles. The number of ether oxygens (including phenoxy) is 1. The van der Waals surface area contributed by atoms with E-state index in [0.717, 1.165) is 38.4 Å². The number of likely N-dealkylation sites (tertiary alicyclic amines) is 1. The van der Waals surface area contributed by atoms with E-state index in [4.69, 9.17) is 4.74 Å². The minimum atomic E-state index is 0.405. The van der Waals surface area contributed by atoms with E-state index in [1.807, 2.05) is 0 Å². The fraction of sp³-hybridized carbons (Fsp3) is 0.429. The van der Waals surface area contributed by atoms with Crippen LogP contribution < -0.4 is 15.6 Å². The highest BCUT2D eigenvalue weighted by Gasteiger charge is 2.40. The van der Waals surface area contributed by atoms with Gasteiger partial charge in [0.15, 0.2) is 0 Å². The van der Waals surface area contributed by atoms with E-state index in [0.29, 0.717) is 18.0 Å². The SMILES string of the molecule is c1ccc(C2NNC3CCN(Cc4ccc5c(c4)CCO5)CC32)cc1. The molecule has 0 bridgehead atoms. The molecule has 4 nitrogen and oxygen atoms in total. The minimum Gasteiger partial charge on any atom is -0.493 e. The average Bonchev–Trinajstić information content (AvgIpc) is 3.28. The Hall–Kier alpha value is -1.88. The Labute approximate surface area is 149 Å². The molecule has 3 unspecified atom stereocenters. The largest absolute Gasteiger partial charge is 0.493 e. The monoisotopic (exact) mass is 335 g/mol. The van der Waals surface area contributed by atoms with Crippen molar-refractivity contribution in [2.45, 2.75) is 31.5 Å². The molecule has 0 radical (unpaired) electrons. The van der Waals surface area contributed by atoms with E-state index in [1.165, 1.54) is 23.1 Å². The fourth-order valence-corrected chi connectivity index (χ4v) is 4.60. The molecule has 3 aliphatic heterocycles. The van der Waals surface area contributed by atoms with E-state index in [2.05, 4.69) is 64.3 Å². The Kier molecular flexibility index (Phi) is 3.97. The highest BCUT2D eigenvalue weighted by Crippen LogP contribution is 2.34. The zero-order valence-corrected chi connectivity index (χ0v) is 14.4. The van der Waals surface area contributed by atoms with Crippen LogP contribution in [0.2, 0.25) is 0 Å². The first kappa shape index (κ1) is 15.4. The summed E-state index contributed by atoms with van der Waals surface area (Å²) >= 11 is 0. The lowest BCUT2D eigenvalue weighted by Gasteiger charge is -2.36. The molecule has 0 spiro atoms. The van der Waals surface area contributed by atoms with Gasteiger partial charge in [0.2, 0.25) is 0 Å². The van der Waals surface area contributed by atoms with Gasteiger partial charge in [-0.05, 0) is 29.2 Å². The maximum atomic E-state index is 5.63. The summed E-state index contributed by atoms with van der Waals surface area (Å²) in [6.45, 7) is 4.17. The number of hydrogen-bond acceptors (Lipinski definition) is 4. The van der Waals surface area contributed by atoms with Crippen molar-refractivity contribution in [3.8, 4) is 5.75 Å². The molecule has 130 valence electrons. The first-order valence-electron chi connectivity index (χ1n) is 9.40. The van der Waals surface area contributed by atoms with Gasteiger partial charge in [-0.15, -0.1) is 0 Å². The Morgan fingerprint density at radius 2 is 2.00 bits per heavy atom. The molecule has 2 N–H and O–H groups in total. The average molecular weight is 335 g/mol. The molecular weight excluding hydrogens is 310 g/mol. The molecule has 4 heteroatoms. The Bertz CT molecular complexity index is 748. The maximum absolute atomic E-state index is 5.63. The van der Waals surface area contributed by atoms with Crippen molar-refractivity contribution < 1.29 is 4.74 Å². The molecule has 0 saturated carbocycles. The molecule has 3 atom stereocenters. The number of nitrogens with one attached hydrogen (secondary N) is 2. The van der Waals surface area contributed by atoms with Crippen LogP contribution in [0, 0.1) is 5.92 Å². The maximum Gasteiger partial charge on any atom is 0.122 e. The second-order valence-corrected chi connectivity index (χ2v) is 7.51. The molecule has 0 aromatic heterocycles. The van der Waals surface area contributed by atoms with Crippen molar-refractivity contribution in [1.82, 2.24) is 15.8 Å². The van der Waals surface area contributed by atoms with E-state index >= 15 is 0 Å². The van der Waals surface area contributed by atoms with Gasteiger partial charge < -0.3 is 4.74 Å². The number of piperidine rings is 1. The van der Waals surface area contributed by atoms with Crippen molar-refractivity contribution in [3.05, 3.63) is 65.2 Å². The number of benzene rings is 2. The third kappa shape index (κ3) is 2.95. The topological polar surface area (TPSA) is 36.5 Å². The van der Waals surface area contributed by atoms with Crippen LogP contribution in [0.3, 0.4) is 0 Å². The molecule has 2 aromatic carbocycles. The van der Waals surface area contributed by atoms with Crippen LogP contribution in [0.25, 0.3) is 0 Å². The summed E-state index contributed by atoms with van der Waals surface area (Å²) in [5, 5.41) is 0. The lowest BCUT2D eigenvalue weighted by atomic mass is 9.85. The van der Waals surface area contributed by atoms with Gasteiger partial charge >= 0.3 is 0 Å². The normalized spacial score (nSPS) is 28.4. The lowest BCUT2D eigenvalue weighted by molar-refractivity contribution is 0.148. The Morgan fingerprint density at radius 3 is 2.92 bits per heavy atom. The molecule has 5 rings (SSSR count). The molecule has 3 aliphatic rings. The van der Waals surface area contributed by atoms with Crippen LogP contribution in [0.1, 0.15) is 29.2 Å². The minimum absolute atomic E-state index is 0.405. The van der Waals surface area contributed by atoms with Crippen molar-refractivity contribution >= 4 is 0 Å². The fourth-order valence-electron chi connectivity index (χ4n) is 4.60. The summed E-state index contributed by atoms with van der Waals surface area (Å²) in [6.07, 6.45) is 2.26. The smallest absolute Gasteiger partial charge is 0.122 e. The quantitative estimate of drug-likeness (QED) is 0.904. The third-order valence-electron chi connectivity index (χ3n) is 5.91. The van der Waals surface area contributed by atoms with Gasteiger partial charge in [0.1, 0.15) is 5.75 Å². The van der Waals surface area contributed by atoms with Gasteiger partial charge in [-0.2, -0.15) is 0 Å². The van der Waals surface area contributed by atoms with Crippen molar-refractivity contribution in [2.24, 2.45) is 5.92 Å². The second-order valence-electron chi connectivity index (χ2n) is 7.51. The third-order valence-corrected chi connectivity index (χ3v) is 5.91. The van der Waals surface area contributed by atoms with Gasteiger partial charge in [-0.25, -0.2) is 5.43 Å². The van der Waals surface area contributed by atoms with Crippen LogP contribution in [0.4, 0.5) is 0 Å². The van der Waals surface area contributed by atoms with Crippen molar-refractivity contribution in [2.75, 3.05) is 19.7 Å². The van der Waals surface area contributed by atoms with Gasteiger partial charge in [0.25, 0.3) is 0 Å². The number of nitrogens with zero attached hydrogens (tertiary/aromatic N) is 1. The van der Waals surface area contributed by atoms with Crippen LogP contribution in [0.5, 0.6) is 5.75 Å².